The molecule has 11 atom stereocenters. The van der Waals surface area contributed by atoms with Crippen molar-refractivity contribution < 1.29 is 53.4 Å². The maximum atomic E-state index is 13.4. The Morgan fingerprint density at radius 3 is 2.49 bits per heavy atom. The first-order chi connectivity index (χ1) is 17.3. The largest absolute Gasteiger partial charge is 0.505 e. The van der Waals surface area contributed by atoms with Crippen molar-refractivity contribution in [2.75, 3.05) is 13.7 Å². The predicted molar refractivity (Wildman–Crippen MR) is 122 cm³/mol. The molecule has 2 heterocycles. The fraction of sp³-hybridized carbons (Fsp3) is 0.692. The Morgan fingerprint density at radius 1 is 1.19 bits per heavy atom. The van der Waals surface area contributed by atoms with Crippen LogP contribution < -0.4 is 0 Å². The number of hydrogen-bond acceptors (Lipinski definition) is 11. The number of methoxy groups -OCH3 is 1. The second-order valence-corrected chi connectivity index (χ2v) is 11.5. The topological polar surface area (TPSA) is 166 Å². The standard InChI is InChI=1S/C26H32O11/c1-10(2)6-15(28)37-18-20-25(23(33)34-5)9-35-26(20)14(36-22(18)32)7-12-11(3)16(29)13(27)8-24(12,4)19(26)17(30)21(25)31/h6,8,11-12,14,17-21,27,30-31H,7,9H2,1-5H3/t11-,12?,14+,17+,18+,19?,20-,21-,24-,25+,26-/m0/s1. The van der Waals surface area contributed by atoms with E-state index in [9.17, 15) is 34.5 Å². The lowest BCUT2D eigenvalue weighted by Crippen LogP contribution is -2.80. The molecule has 202 valence electrons. The molecular weight excluding hydrogens is 488 g/mol. The molecular formula is C26H32O11. The number of carbonyl (C=O) groups is 4. The third-order valence-corrected chi connectivity index (χ3v) is 9.45. The summed E-state index contributed by atoms with van der Waals surface area (Å²) >= 11 is 0. The highest BCUT2D eigenvalue weighted by atomic mass is 16.6. The van der Waals surface area contributed by atoms with Gasteiger partial charge in [0.15, 0.2) is 11.5 Å². The van der Waals surface area contributed by atoms with Crippen LogP contribution in [0.4, 0.5) is 0 Å². The maximum Gasteiger partial charge on any atom is 0.348 e. The SMILES string of the molecule is COC(=O)[C@@]12CO[C@]34C([C@@H](O)[C@@H]1O)[C@@]1(C)C=C(O)C(=O)[C@@H](C)C1C[C@H]3OC(=O)[C@H](OC(=O)C=C(C)C)[C@@H]24. The fourth-order valence-electron chi connectivity index (χ4n) is 8.10. The van der Waals surface area contributed by atoms with Crippen molar-refractivity contribution >= 4 is 23.7 Å². The van der Waals surface area contributed by atoms with Gasteiger partial charge in [0.05, 0.1) is 31.8 Å². The molecule has 0 aromatic rings. The Bertz CT molecular complexity index is 1140. The van der Waals surface area contributed by atoms with E-state index in [4.69, 9.17) is 18.9 Å². The van der Waals surface area contributed by atoms with Crippen molar-refractivity contribution in [3.8, 4) is 0 Å². The average molecular weight is 521 g/mol. The summed E-state index contributed by atoms with van der Waals surface area (Å²) in [6.45, 7) is 6.31. The molecule has 0 aromatic heterocycles. The first-order valence-electron chi connectivity index (χ1n) is 12.4. The quantitative estimate of drug-likeness (QED) is 0.267. The van der Waals surface area contributed by atoms with Crippen LogP contribution in [0.5, 0.6) is 0 Å². The molecule has 5 rings (SSSR count). The molecule has 2 bridgehead atoms. The summed E-state index contributed by atoms with van der Waals surface area (Å²) in [6.07, 6.45) is -3.36. The number of aliphatic hydroxyl groups is 3. The Morgan fingerprint density at radius 2 is 1.86 bits per heavy atom. The number of esters is 3. The Hall–Kier alpha value is -2.76. The molecule has 37 heavy (non-hydrogen) atoms. The number of ether oxygens (including phenoxy) is 4. The van der Waals surface area contributed by atoms with Gasteiger partial charge in [-0.2, -0.15) is 0 Å². The van der Waals surface area contributed by atoms with Gasteiger partial charge in [-0.15, -0.1) is 0 Å². The summed E-state index contributed by atoms with van der Waals surface area (Å²) < 4.78 is 22.8. The molecule has 2 unspecified atom stereocenters. The number of aliphatic hydroxyl groups excluding tert-OH is 3. The molecule has 1 spiro atoms. The minimum atomic E-state index is -1.94. The third-order valence-electron chi connectivity index (χ3n) is 9.45. The summed E-state index contributed by atoms with van der Waals surface area (Å²) in [4.78, 5) is 52.0. The van der Waals surface area contributed by atoms with Crippen molar-refractivity contribution in [1.29, 1.82) is 0 Å². The molecule has 2 saturated carbocycles. The van der Waals surface area contributed by atoms with Crippen molar-refractivity contribution in [2.24, 2.45) is 34.5 Å². The smallest absolute Gasteiger partial charge is 0.348 e. The summed E-state index contributed by atoms with van der Waals surface area (Å²) in [5, 5.41) is 33.7. The highest BCUT2D eigenvalue weighted by Crippen LogP contribution is 2.71. The predicted octanol–water partition coefficient (Wildman–Crippen LogP) is 0.373. The molecule has 2 saturated heterocycles. The lowest BCUT2D eigenvalue weighted by molar-refractivity contribution is -0.305. The minimum Gasteiger partial charge on any atom is -0.505 e. The van der Waals surface area contributed by atoms with Crippen LogP contribution in [-0.4, -0.2) is 82.7 Å². The van der Waals surface area contributed by atoms with Crippen LogP contribution >= 0.6 is 0 Å². The summed E-state index contributed by atoms with van der Waals surface area (Å²) in [5.41, 5.74) is -4.03. The van der Waals surface area contributed by atoms with E-state index >= 15 is 0 Å². The van der Waals surface area contributed by atoms with E-state index in [1.54, 1.807) is 27.7 Å². The Balaban J connectivity index is 1.75. The van der Waals surface area contributed by atoms with Crippen LogP contribution in [0.3, 0.4) is 0 Å². The molecule has 11 nitrogen and oxygen atoms in total. The molecule has 3 N–H and O–H groups in total. The van der Waals surface area contributed by atoms with Crippen LogP contribution in [-0.2, 0) is 38.1 Å². The Labute approximate surface area is 213 Å². The van der Waals surface area contributed by atoms with Crippen molar-refractivity contribution in [2.45, 2.75) is 64.1 Å². The number of fused-ring (bicyclic) bond motifs is 2. The second kappa shape index (κ2) is 8.12. The average Bonchev–Trinajstić information content (AvgIpc) is 3.12. The van der Waals surface area contributed by atoms with E-state index in [1.165, 1.54) is 12.2 Å². The van der Waals surface area contributed by atoms with Gasteiger partial charge in [-0.25, -0.2) is 9.59 Å². The van der Waals surface area contributed by atoms with E-state index in [1.807, 2.05) is 0 Å². The molecule has 4 fully saturated rings. The van der Waals surface area contributed by atoms with Crippen LogP contribution in [0.2, 0.25) is 0 Å². The van der Waals surface area contributed by atoms with Gasteiger partial charge < -0.3 is 34.3 Å². The van der Waals surface area contributed by atoms with E-state index in [0.717, 1.165) is 7.11 Å². The number of rotatable bonds is 3. The molecule has 5 aliphatic rings. The van der Waals surface area contributed by atoms with Gasteiger partial charge in [-0.05, 0) is 32.3 Å². The van der Waals surface area contributed by atoms with Crippen molar-refractivity contribution in [1.82, 2.24) is 0 Å². The monoisotopic (exact) mass is 520 g/mol. The van der Waals surface area contributed by atoms with Gasteiger partial charge in [0.25, 0.3) is 0 Å². The molecule has 2 aliphatic heterocycles. The van der Waals surface area contributed by atoms with Gasteiger partial charge in [0, 0.05) is 23.3 Å². The first-order valence-corrected chi connectivity index (χ1v) is 12.4. The third kappa shape index (κ3) is 3.04. The number of Topliss-reactive ketones (excluding diaryl/α,β-unsaturated/α-hetero) is 1. The van der Waals surface area contributed by atoms with Gasteiger partial charge >= 0.3 is 17.9 Å². The normalized spacial score (nSPS) is 47.6. The van der Waals surface area contributed by atoms with Gasteiger partial charge in [-0.1, -0.05) is 19.4 Å². The Kier molecular flexibility index (Phi) is 5.68. The molecule has 3 aliphatic carbocycles. The number of hydrogen-bond donors (Lipinski definition) is 3. The zero-order chi connectivity index (χ0) is 27.2. The highest BCUT2D eigenvalue weighted by Gasteiger charge is 2.85. The van der Waals surface area contributed by atoms with Crippen LogP contribution in [0.15, 0.2) is 23.5 Å². The molecule has 0 radical (unpaired) electrons. The van der Waals surface area contributed by atoms with Crippen LogP contribution in [0, 0.1) is 34.5 Å². The summed E-state index contributed by atoms with van der Waals surface area (Å²) in [7, 11) is 1.11. The zero-order valence-corrected chi connectivity index (χ0v) is 21.3. The first kappa shape index (κ1) is 25.9. The lowest BCUT2D eigenvalue weighted by Gasteiger charge is -2.66. The van der Waals surface area contributed by atoms with Gasteiger partial charge in [0.2, 0.25) is 6.10 Å². The fourth-order valence-corrected chi connectivity index (χ4v) is 8.10. The van der Waals surface area contributed by atoms with Crippen molar-refractivity contribution in [3.63, 3.8) is 0 Å². The second-order valence-electron chi connectivity index (χ2n) is 11.5. The molecule has 11 heteroatoms. The number of allylic oxidation sites excluding steroid dienone is 3. The van der Waals surface area contributed by atoms with E-state index in [2.05, 4.69) is 0 Å². The maximum absolute atomic E-state index is 13.4. The zero-order valence-electron chi connectivity index (χ0n) is 21.3. The van der Waals surface area contributed by atoms with Crippen LogP contribution in [0.25, 0.3) is 0 Å². The van der Waals surface area contributed by atoms with Gasteiger partial charge in [-0.3, -0.25) is 9.59 Å². The lowest BCUT2D eigenvalue weighted by atomic mass is 9.40. The number of ketones is 1. The van der Waals surface area contributed by atoms with E-state index < -0.39 is 101 Å². The summed E-state index contributed by atoms with van der Waals surface area (Å²) in [5.74, 6) is -7.12. The van der Waals surface area contributed by atoms with Crippen molar-refractivity contribution in [3.05, 3.63) is 23.5 Å². The molecule has 0 aromatic carbocycles. The minimum absolute atomic E-state index is 0.126. The highest BCUT2D eigenvalue weighted by molar-refractivity contribution is 5.96. The van der Waals surface area contributed by atoms with Crippen LogP contribution in [0.1, 0.15) is 34.1 Å². The van der Waals surface area contributed by atoms with Gasteiger partial charge in [0.1, 0.15) is 17.1 Å². The van der Waals surface area contributed by atoms with E-state index in [0.29, 0.717) is 5.57 Å². The van der Waals surface area contributed by atoms with E-state index in [-0.39, 0.29) is 6.42 Å². The summed E-state index contributed by atoms with van der Waals surface area (Å²) in [6, 6.07) is 0. The number of carbonyl (C=O) groups excluding carboxylic acids is 4. The molecule has 0 amide bonds.